The third-order valence-corrected chi connectivity index (χ3v) is 3.04. The lowest BCUT2D eigenvalue weighted by molar-refractivity contribution is 1.18. The molecule has 96 valence electrons. The van der Waals surface area contributed by atoms with Gasteiger partial charge in [-0.15, -0.1) is 0 Å². The van der Waals surface area contributed by atoms with Crippen LogP contribution in [-0.4, -0.2) is 15.0 Å². The van der Waals surface area contributed by atoms with Crippen molar-refractivity contribution in [1.82, 2.24) is 15.0 Å². The van der Waals surface area contributed by atoms with Crippen LogP contribution in [0.4, 0.5) is 11.5 Å². The van der Waals surface area contributed by atoms with E-state index in [1.54, 1.807) is 6.33 Å². The molecule has 3 rings (SSSR count). The molecule has 0 radical (unpaired) electrons. The zero-order valence-corrected chi connectivity index (χ0v) is 11.3. The van der Waals surface area contributed by atoms with Crippen molar-refractivity contribution in [3.05, 3.63) is 47.4 Å². The highest BCUT2D eigenvalue weighted by molar-refractivity contribution is 5.89. The first kappa shape index (κ1) is 11.7. The highest BCUT2D eigenvalue weighted by Crippen LogP contribution is 2.24. The Bertz CT molecular complexity index is 723. The van der Waals surface area contributed by atoms with Crippen LogP contribution >= 0.6 is 0 Å². The first-order chi connectivity index (χ1) is 9.11. The number of aromatic nitrogens is 3. The molecule has 2 N–H and O–H groups in total. The molecule has 2 heterocycles. The van der Waals surface area contributed by atoms with E-state index in [0.29, 0.717) is 0 Å². The smallest absolute Gasteiger partial charge is 0.143 e. The van der Waals surface area contributed by atoms with E-state index in [1.165, 1.54) is 11.1 Å². The Hall–Kier alpha value is -2.36. The fraction of sp³-hybridized carbons (Fsp3) is 0.200. The molecule has 3 aromatic rings. The van der Waals surface area contributed by atoms with Crippen LogP contribution in [0.3, 0.4) is 0 Å². The predicted molar refractivity (Wildman–Crippen MR) is 77.8 cm³/mol. The Labute approximate surface area is 111 Å². The number of nitrogens with one attached hydrogen (secondary N) is 2. The molecule has 0 atom stereocenters. The maximum absolute atomic E-state index is 4.33. The van der Waals surface area contributed by atoms with E-state index >= 15 is 0 Å². The van der Waals surface area contributed by atoms with Crippen LogP contribution in [0.1, 0.15) is 16.8 Å². The number of H-pyrrole nitrogens is 1. The minimum Gasteiger partial charge on any atom is -0.343 e. The van der Waals surface area contributed by atoms with E-state index < -0.39 is 0 Å². The number of rotatable bonds is 2. The monoisotopic (exact) mass is 252 g/mol. The molecule has 19 heavy (non-hydrogen) atoms. The summed E-state index contributed by atoms with van der Waals surface area (Å²) in [5.41, 5.74) is 5.46. The molecule has 0 saturated heterocycles. The summed E-state index contributed by atoms with van der Waals surface area (Å²) in [6, 6.07) is 8.43. The lowest BCUT2D eigenvalue weighted by Gasteiger charge is -2.08. The summed E-state index contributed by atoms with van der Waals surface area (Å²) in [5.74, 6) is 0.833. The molecule has 0 spiro atoms. The van der Waals surface area contributed by atoms with Gasteiger partial charge in [-0.1, -0.05) is 6.07 Å². The zero-order chi connectivity index (χ0) is 13.4. The predicted octanol–water partition coefficient (Wildman–Crippen LogP) is 3.63. The van der Waals surface area contributed by atoms with Gasteiger partial charge >= 0.3 is 0 Å². The maximum atomic E-state index is 4.33. The van der Waals surface area contributed by atoms with Crippen molar-refractivity contribution in [2.75, 3.05) is 5.32 Å². The number of hydrogen-bond donors (Lipinski definition) is 2. The van der Waals surface area contributed by atoms with E-state index in [0.717, 1.165) is 28.2 Å². The third kappa shape index (κ3) is 2.29. The van der Waals surface area contributed by atoms with Crippen molar-refractivity contribution in [2.24, 2.45) is 0 Å². The number of fused-ring (bicyclic) bond motifs is 1. The van der Waals surface area contributed by atoms with Crippen LogP contribution in [0.15, 0.2) is 30.6 Å². The van der Waals surface area contributed by atoms with Gasteiger partial charge in [-0.2, -0.15) is 0 Å². The second-order valence-electron chi connectivity index (χ2n) is 4.94. The molecule has 0 aliphatic rings. The Balaban J connectivity index is 2.05. The fourth-order valence-electron chi connectivity index (χ4n) is 2.35. The van der Waals surface area contributed by atoms with Crippen LogP contribution in [0.25, 0.3) is 11.0 Å². The van der Waals surface area contributed by atoms with Crippen LogP contribution in [0, 0.1) is 20.8 Å². The topological polar surface area (TPSA) is 53.6 Å². The molecule has 2 aromatic heterocycles. The molecule has 0 aliphatic heterocycles. The second-order valence-corrected chi connectivity index (χ2v) is 4.94. The van der Waals surface area contributed by atoms with Gasteiger partial charge in [-0.3, -0.25) is 0 Å². The first-order valence-electron chi connectivity index (χ1n) is 6.27. The van der Waals surface area contributed by atoms with Gasteiger partial charge in [0.05, 0.1) is 5.39 Å². The summed E-state index contributed by atoms with van der Waals surface area (Å²) in [4.78, 5) is 11.8. The SMILES string of the molecule is Cc1cc(C)cc(Nc2ncnc3[nH]c(C)cc23)c1. The van der Waals surface area contributed by atoms with Crippen molar-refractivity contribution in [2.45, 2.75) is 20.8 Å². The molecule has 4 nitrogen and oxygen atoms in total. The summed E-state index contributed by atoms with van der Waals surface area (Å²) in [6.45, 7) is 6.20. The van der Waals surface area contributed by atoms with Gasteiger partial charge < -0.3 is 10.3 Å². The highest BCUT2D eigenvalue weighted by Gasteiger charge is 2.06. The zero-order valence-electron chi connectivity index (χ0n) is 11.3. The molecule has 4 heteroatoms. The highest BCUT2D eigenvalue weighted by atomic mass is 15.0. The minimum absolute atomic E-state index is 0.833. The summed E-state index contributed by atoms with van der Waals surface area (Å²) < 4.78 is 0. The average molecular weight is 252 g/mol. The van der Waals surface area contributed by atoms with Gasteiger partial charge in [0.2, 0.25) is 0 Å². The Kier molecular flexibility index (Phi) is 2.71. The number of aryl methyl sites for hydroxylation is 3. The number of anilines is 2. The summed E-state index contributed by atoms with van der Waals surface area (Å²) in [5, 5.41) is 4.38. The van der Waals surface area contributed by atoms with Crippen molar-refractivity contribution in [1.29, 1.82) is 0 Å². The number of hydrogen-bond acceptors (Lipinski definition) is 3. The Morgan fingerprint density at radius 3 is 2.42 bits per heavy atom. The lowest BCUT2D eigenvalue weighted by atomic mass is 10.1. The van der Waals surface area contributed by atoms with E-state index in [9.17, 15) is 0 Å². The maximum Gasteiger partial charge on any atom is 0.143 e. The normalized spacial score (nSPS) is 10.9. The quantitative estimate of drug-likeness (QED) is 0.732. The number of aromatic amines is 1. The molecule has 1 aromatic carbocycles. The third-order valence-electron chi connectivity index (χ3n) is 3.04. The molecule has 0 unspecified atom stereocenters. The largest absolute Gasteiger partial charge is 0.343 e. The Morgan fingerprint density at radius 2 is 1.68 bits per heavy atom. The van der Waals surface area contributed by atoms with Crippen LogP contribution in [-0.2, 0) is 0 Å². The molecule has 0 aliphatic carbocycles. The van der Waals surface area contributed by atoms with E-state index in [4.69, 9.17) is 0 Å². The van der Waals surface area contributed by atoms with Gasteiger partial charge in [0.15, 0.2) is 0 Å². The van der Waals surface area contributed by atoms with Crippen molar-refractivity contribution < 1.29 is 0 Å². The van der Waals surface area contributed by atoms with E-state index in [1.807, 2.05) is 6.92 Å². The van der Waals surface area contributed by atoms with Crippen molar-refractivity contribution in [3.8, 4) is 0 Å². The molecular weight excluding hydrogens is 236 g/mol. The fourth-order valence-corrected chi connectivity index (χ4v) is 2.35. The van der Waals surface area contributed by atoms with Gasteiger partial charge in [0.1, 0.15) is 17.8 Å². The van der Waals surface area contributed by atoms with E-state index in [-0.39, 0.29) is 0 Å². The van der Waals surface area contributed by atoms with Crippen LogP contribution < -0.4 is 5.32 Å². The molecule has 0 amide bonds. The minimum atomic E-state index is 0.833. The van der Waals surface area contributed by atoms with Crippen molar-refractivity contribution in [3.63, 3.8) is 0 Å². The second kappa shape index (κ2) is 4.39. The van der Waals surface area contributed by atoms with Gasteiger partial charge in [-0.05, 0) is 50.1 Å². The summed E-state index contributed by atoms with van der Waals surface area (Å²) in [6.07, 6.45) is 1.57. The van der Waals surface area contributed by atoms with Gasteiger partial charge in [0, 0.05) is 11.4 Å². The number of benzene rings is 1. The molecule has 0 fully saturated rings. The molecular formula is C15H16N4. The Morgan fingerprint density at radius 1 is 0.947 bits per heavy atom. The number of nitrogens with zero attached hydrogens (tertiary/aromatic N) is 2. The standard InChI is InChI=1S/C15H16N4/c1-9-4-10(2)6-12(5-9)19-15-13-7-11(3)18-14(13)16-8-17-15/h4-8H,1-3H3,(H2,16,17,18,19). The average Bonchev–Trinajstić information content (AvgIpc) is 2.69. The summed E-state index contributed by atoms with van der Waals surface area (Å²) >= 11 is 0. The van der Waals surface area contributed by atoms with Crippen LogP contribution in [0.2, 0.25) is 0 Å². The van der Waals surface area contributed by atoms with Gasteiger partial charge in [-0.25, -0.2) is 9.97 Å². The molecule has 0 saturated carbocycles. The lowest BCUT2D eigenvalue weighted by Crippen LogP contribution is -1.96. The molecule has 0 bridgehead atoms. The van der Waals surface area contributed by atoms with E-state index in [2.05, 4.69) is 58.4 Å². The van der Waals surface area contributed by atoms with Crippen molar-refractivity contribution >= 4 is 22.5 Å². The van der Waals surface area contributed by atoms with Gasteiger partial charge in [0.25, 0.3) is 0 Å². The van der Waals surface area contributed by atoms with Crippen LogP contribution in [0.5, 0.6) is 0 Å². The first-order valence-corrected chi connectivity index (χ1v) is 6.27. The summed E-state index contributed by atoms with van der Waals surface area (Å²) in [7, 11) is 0.